The summed E-state index contributed by atoms with van der Waals surface area (Å²) in [6.07, 6.45) is -9.45. The number of rotatable bonds is 4. The first-order valence-electron chi connectivity index (χ1n) is 5.43. The van der Waals surface area contributed by atoms with Gasteiger partial charge in [0.25, 0.3) is 0 Å². The lowest BCUT2D eigenvalue weighted by atomic mass is 10.1. The second kappa shape index (κ2) is 6.43. The molecule has 0 saturated heterocycles. The largest absolute Gasteiger partial charge is 0.483 e. The molecule has 0 radical (unpaired) electrons. The maximum absolute atomic E-state index is 12.1. The van der Waals surface area contributed by atoms with E-state index in [0.29, 0.717) is 0 Å². The predicted octanol–water partition coefficient (Wildman–Crippen LogP) is 3.31. The highest BCUT2D eigenvalue weighted by Gasteiger charge is 2.31. The van der Waals surface area contributed by atoms with E-state index in [1.54, 1.807) is 0 Å². The minimum Gasteiger partial charge on any atom is -0.483 e. The van der Waals surface area contributed by atoms with Crippen molar-refractivity contribution in [1.29, 1.82) is 10.5 Å². The molecule has 0 aliphatic rings. The van der Waals surface area contributed by atoms with E-state index in [1.807, 2.05) is 0 Å². The van der Waals surface area contributed by atoms with Gasteiger partial charge in [0.15, 0.2) is 19.0 Å². The van der Waals surface area contributed by atoms with Gasteiger partial charge in [0.05, 0.1) is 5.56 Å². The summed E-state index contributed by atoms with van der Waals surface area (Å²) in [5.41, 5.74) is -1.15. The molecule has 0 fully saturated rings. The maximum atomic E-state index is 12.1. The highest BCUT2D eigenvalue weighted by atomic mass is 19.4. The van der Waals surface area contributed by atoms with Crippen molar-refractivity contribution in [2.75, 3.05) is 13.2 Å². The highest BCUT2D eigenvalue weighted by molar-refractivity contribution is 5.60. The molecule has 4 nitrogen and oxygen atoms in total. The molecule has 1 aromatic carbocycles. The van der Waals surface area contributed by atoms with Crippen LogP contribution in [-0.4, -0.2) is 25.6 Å². The summed E-state index contributed by atoms with van der Waals surface area (Å²) in [4.78, 5) is 0. The van der Waals surface area contributed by atoms with Crippen LogP contribution in [-0.2, 0) is 0 Å². The van der Waals surface area contributed by atoms with E-state index in [-0.39, 0.29) is 0 Å². The minimum absolute atomic E-state index is 0.430. The fraction of sp³-hybridized carbons (Fsp3) is 0.333. The molecule has 0 aliphatic heterocycles. The summed E-state index contributed by atoms with van der Waals surface area (Å²) >= 11 is 0. The highest BCUT2D eigenvalue weighted by Crippen LogP contribution is 2.33. The van der Waals surface area contributed by atoms with Crippen LogP contribution in [0, 0.1) is 22.7 Å². The quantitative estimate of drug-likeness (QED) is 0.797. The molecule has 1 aromatic rings. The fourth-order valence-electron chi connectivity index (χ4n) is 1.34. The number of hydrogen-bond donors (Lipinski definition) is 0. The SMILES string of the molecule is N#Cc1ccc(OCC(F)(F)F)c(C#N)c1OCC(F)(F)F. The molecule has 0 bridgehead atoms. The number of nitriles is 2. The van der Waals surface area contributed by atoms with E-state index in [9.17, 15) is 26.3 Å². The molecule has 0 heterocycles. The summed E-state index contributed by atoms with van der Waals surface area (Å²) < 4.78 is 81.4. The average Bonchev–Trinajstić information content (AvgIpc) is 2.40. The number of alkyl halides is 6. The summed E-state index contributed by atoms with van der Waals surface area (Å²) in [5, 5.41) is 17.7. The van der Waals surface area contributed by atoms with Crippen molar-refractivity contribution in [2.24, 2.45) is 0 Å². The third-order valence-electron chi connectivity index (χ3n) is 2.12. The summed E-state index contributed by atoms with van der Waals surface area (Å²) in [6, 6.07) is 4.64. The molecule has 0 aliphatic carbocycles. The Balaban J connectivity index is 3.17. The van der Waals surface area contributed by atoms with Gasteiger partial charge in [-0.05, 0) is 12.1 Å². The second-order valence-corrected chi connectivity index (χ2v) is 3.85. The lowest BCUT2D eigenvalue weighted by Gasteiger charge is -2.15. The zero-order valence-corrected chi connectivity index (χ0v) is 10.5. The van der Waals surface area contributed by atoms with Gasteiger partial charge in [-0.15, -0.1) is 0 Å². The summed E-state index contributed by atoms with van der Waals surface area (Å²) in [6.45, 7) is -3.55. The van der Waals surface area contributed by atoms with Crippen LogP contribution in [0.5, 0.6) is 11.5 Å². The van der Waals surface area contributed by atoms with E-state index in [4.69, 9.17) is 10.5 Å². The smallest absolute Gasteiger partial charge is 0.422 e. The molecule has 0 saturated carbocycles. The molecule has 0 N–H and O–H groups in total. The van der Waals surface area contributed by atoms with Gasteiger partial charge in [0.2, 0.25) is 0 Å². The summed E-state index contributed by atoms with van der Waals surface area (Å²) in [5.74, 6) is -1.40. The molecule has 0 amide bonds. The van der Waals surface area contributed by atoms with Gasteiger partial charge >= 0.3 is 12.4 Å². The van der Waals surface area contributed by atoms with Crippen molar-refractivity contribution < 1.29 is 35.8 Å². The molecule has 22 heavy (non-hydrogen) atoms. The number of hydrogen-bond acceptors (Lipinski definition) is 4. The van der Waals surface area contributed by atoms with Crippen molar-refractivity contribution in [1.82, 2.24) is 0 Å². The molecule has 118 valence electrons. The van der Waals surface area contributed by atoms with Gasteiger partial charge in [-0.1, -0.05) is 0 Å². The van der Waals surface area contributed by atoms with Crippen LogP contribution in [0.3, 0.4) is 0 Å². The average molecular weight is 324 g/mol. The molecule has 0 atom stereocenters. The Labute approximate surface area is 120 Å². The zero-order valence-electron chi connectivity index (χ0n) is 10.5. The Bertz CT molecular complexity index is 625. The number of ether oxygens (including phenoxy) is 2. The molecule has 0 aromatic heterocycles. The third kappa shape index (κ3) is 5.05. The van der Waals surface area contributed by atoms with Crippen LogP contribution < -0.4 is 9.47 Å². The van der Waals surface area contributed by atoms with Crippen LogP contribution in [0.15, 0.2) is 12.1 Å². The van der Waals surface area contributed by atoms with Gasteiger partial charge in [-0.3, -0.25) is 0 Å². The topological polar surface area (TPSA) is 66.0 Å². The van der Waals surface area contributed by atoms with Gasteiger partial charge in [0.1, 0.15) is 23.5 Å². The van der Waals surface area contributed by atoms with E-state index >= 15 is 0 Å². The zero-order chi connectivity index (χ0) is 17.0. The van der Waals surface area contributed by atoms with Crippen molar-refractivity contribution in [3.8, 4) is 23.6 Å². The Morgan fingerprint density at radius 1 is 0.864 bits per heavy atom. The first-order chi connectivity index (χ1) is 10.1. The van der Waals surface area contributed by atoms with Crippen LogP contribution in [0.4, 0.5) is 26.3 Å². The molecule has 0 unspecified atom stereocenters. The Hall–Kier alpha value is -2.62. The Kier molecular flexibility index (Phi) is 5.10. The molecular weight excluding hydrogens is 318 g/mol. The van der Waals surface area contributed by atoms with Crippen LogP contribution in [0.2, 0.25) is 0 Å². The summed E-state index contributed by atoms with van der Waals surface area (Å²) in [7, 11) is 0. The predicted molar refractivity (Wildman–Crippen MR) is 59.0 cm³/mol. The lowest BCUT2D eigenvalue weighted by Crippen LogP contribution is -2.21. The van der Waals surface area contributed by atoms with Crippen molar-refractivity contribution in [3.05, 3.63) is 23.3 Å². The number of benzene rings is 1. The van der Waals surface area contributed by atoms with Crippen molar-refractivity contribution in [3.63, 3.8) is 0 Å². The standard InChI is InChI=1S/C12H6F6N2O2/c13-11(14,15)5-21-9-2-1-7(3-19)10(8(9)4-20)22-6-12(16,17)18/h1-2H,5-6H2. The fourth-order valence-corrected chi connectivity index (χ4v) is 1.34. The second-order valence-electron chi connectivity index (χ2n) is 3.85. The van der Waals surface area contributed by atoms with E-state index in [2.05, 4.69) is 9.47 Å². The Morgan fingerprint density at radius 2 is 1.41 bits per heavy atom. The van der Waals surface area contributed by atoms with E-state index in [1.165, 1.54) is 12.1 Å². The van der Waals surface area contributed by atoms with Crippen molar-refractivity contribution in [2.45, 2.75) is 12.4 Å². The maximum Gasteiger partial charge on any atom is 0.422 e. The van der Waals surface area contributed by atoms with Crippen molar-refractivity contribution >= 4 is 0 Å². The van der Waals surface area contributed by atoms with Gasteiger partial charge < -0.3 is 9.47 Å². The first kappa shape index (κ1) is 17.4. The van der Waals surface area contributed by atoms with E-state index < -0.39 is 48.2 Å². The molecule has 1 rings (SSSR count). The lowest BCUT2D eigenvalue weighted by molar-refractivity contribution is -0.154. The monoisotopic (exact) mass is 324 g/mol. The van der Waals surface area contributed by atoms with Crippen LogP contribution >= 0.6 is 0 Å². The number of halogens is 6. The van der Waals surface area contributed by atoms with Crippen LogP contribution in [0.1, 0.15) is 11.1 Å². The van der Waals surface area contributed by atoms with E-state index in [0.717, 1.165) is 12.1 Å². The van der Waals surface area contributed by atoms with Gasteiger partial charge in [-0.2, -0.15) is 36.9 Å². The molecule has 0 spiro atoms. The molecule has 10 heteroatoms. The third-order valence-corrected chi connectivity index (χ3v) is 2.12. The number of nitrogens with zero attached hydrogens (tertiary/aromatic N) is 2. The first-order valence-corrected chi connectivity index (χ1v) is 5.43. The van der Waals surface area contributed by atoms with Crippen LogP contribution in [0.25, 0.3) is 0 Å². The normalized spacial score (nSPS) is 11.5. The Morgan fingerprint density at radius 3 is 1.86 bits per heavy atom. The minimum atomic E-state index is -4.75. The molecular formula is C12H6F6N2O2. The van der Waals surface area contributed by atoms with Gasteiger partial charge in [-0.25, -0.2) is 0 Å². The van der Waals surface area contributed by atoms with Gasteiger partial charge in [0, 0.05) is 0 Å².